The Bertz CT molecular complexity index is 786. The van der Waals surface area contributed by atoms with Gasteiger partial charge in [-0.15, -0.1) is 0 Å². The lowest BCUT2D eigenvalue weighted by Crippen LogP contribution is -2.31. The maximum absolute atomic E-state index is 12.3. The molecule has 0 bridgehead atoms. The summed E-state index contributed by atoms with van der Waals surface area (Å²) < 4.78 is 0. The normalized spacial score (nSPS) is 14.5. The van der Waals surface area contributed by atoms with Gasteiger partial charge in [-0.25, -0.2) is 0 Å². The summed E-state index contributed by atoms with van der Waals surface area (Å²) in [5, 5.41) is 12.0. The molecule has 27 heavy (non-hydrogen) atoms. The number of rotatable bonds is 7. The molecule has 1 N–H and O–H groups in total. The quantitative estimate of drug-likeness (QED) is 0.751. The molecule has 2 aromatic carbocycles. The van der Waals surface area contributed by atoms with Crippen LogP contribution in [0.25, 0.3) is 11.1 Å². The third kappa shape index (κ3) is 5.67. The third-order valence-electron chi connectivity index (χ3n) is 5.11. The highest BCUT2D eigenvalue weighted by Gasteiger charge is 2.09. The predicted octanol–water partition coefficient (Wildman–Crippen LogP) is 4.22. The van der Waals surface area contributed by atoms with E-state index in [1.54, 1.807) is 6.07 Å². The topological polar surface area (TPSA) is 56.1 Å². The summed E-state index contributed by atoms with van der Waals surface area (Å²) in [6.45, 7) is 4.33. The summed E-state index contributed by atoms with van der Waals surface area (Å²) in [7, 11) is 0. The molecule has 0 unspecified atom stereocenters. The van der Waals surface area contributed by atoms with Crippen LogP contribution in [0.1, 0.15) is 48.0 Å². The summed E-state index contributed by atoms with van der Waals surface area (Å²) in [6.07, 6.45) is 6.17. The Morgan fingerprint density at radius 3 is 2.52 bits per heavy atom. The maximum Gasteiger partial charge on any atom is 0.251 e. The fourth-order valence-corrected chi connectivity index (χ4v) is 3.53. The minimum Gasteiger partial charge on any atom is -0.352 e. The summed E-state index contributed by atoms with van der Waals surface area (Å²) in [6, 6.07) is 17.2. The van der Waals surface area contributed by atoms with E-state index in [0.717, 1.165) is 37.1 Å². The van der Waals surface area contributed by atoms with Gasteiger partial charge in [0.05, 0.1) is 11.6 Å². The van der Waals surface area contributed by atoms with E-state index in [9.17, 15) is 4.79 Å². The average molecular weight is 361 g/mol. The van der Waals surface area contributed by atoms with Crippen molar-refractivity contribution in [1.82, 2.24) is 10.2 Å². The van der Waals surface area contributed by atoms with Crippen molar-refractivity contribution in [3.05, 3.63) is 59.7 Å². The van der Waals surface area contributed by atoms with Gasteiger partial charge in [0.15, 0.2) is 0 Å². The van der Waals surface area contributed by atoms with Crippen molar-refractivity contribution in [2.24, 2.45) is 0 Å². The number of carbonyl (C=O) groups excluding carboxylic acids is 1. The first-order valence-electron chi connectivity index (χ1n) is 9.87. The number of likely N-dealkylation sites (tertiary alicyclic amines) is 1. The number of hydrogen-bond donors (Lipinski definition) is 1. The van der Waals surface area contributed by atoms with E-state index < -0.39 is 0 Å². The van der Waals surface area contributed by atoms with Crippen LogP contribution in [0.2, 0.25) is 0 Å². The number of hydrogen-bond acceptors (Lipinski definition) is 3. The molecule has 1 fully saturated rings. The van der Waals surface area contributed by atoms with Gasteiger partial charge >= 0.3 is 0 Å². The molecule has 140 valence electrons. The minimum absolute atomic E-state index is 0.0229. The van der Waals surface area contributed by atoms with Crippen LogP contribution in [-0.2, 0) is 0 Å². The van der Waals surface area contributed by atoms with Crippen LogP contribution in [0.5, 0.6) is 0 Å². The molecule has 1 aliphatic heterocycles. The molecule has 2 aromatic rings. The van der Waals surface area contributed by atoms with Crippen LogP contribution >= 0.6 is 0 Å². The summed E-state index contributed by atoms with van der Waals surface area (Å²) >= 11 is 0. The highest BCUT2D eigenvalue weighted by atomic mass is 16.1. The molecular formula is C23H27N3O. The van der Waals surface area contributed by atoms with Crippen LogP contribution in [0.15, 0.2) is 48.5 Å². The van der Waals surface area contributed by atoms with E-state index >= 15 is 0 Å². The number of nitriles is 1. The van der Waals surface area contributed by atoms with Gasteiger partial charge in [-0.3, -0.25) is 4.79 Å². The molecule has 0 spiro atoms. The molecule has 4 nitrogen and oxygen atoms in total. The van der Waals surface area contributed by atoms with Crippen molar-refractivity contribution in [3.63, 3.8) is 0 Å². The Kier molecular flexibility index (Phi) is 7.01. The molecular weight excluding hydrogens is 334 g/mol. The maximum atomic E-state index is 12.3. The molecule has 4 heteroatoms. The number of unbranched alkanes of at least 4 members (excludes halogenated alkanes) is 1. The van der Waals surface area contributed by atoms with E-state index in [2.05, 4.69) is 16.3 Å². The van der Waals surface area contributed by atoms with Crippen LogP contribution in [-0.4, -0.2) is 37.0 Å². The summed E-state index contributed by atoms with van der Waals surface area (Å²) in [5.74, 6) is -0.0229. The van der Waals surface area contributed by atoms with Gasteiger partial charge in [0.1, 0.15) is 0 Å². The Morgan fingerprint density at radius 1 is 1.00 bits per heavy atom. The second-order valence-electron chi connectivity index (χ2n) is 7.14. The Balaban J connectivity index is 1.44. The van der Waals surface area contributed by atoms with Crippen LogP contribution in [0.4, 0.5) is 0 Å². The van der Waals surface area contributed by atoms with Crippen LogP contribution in [0.3, 0.4) is 0 Å². The van der Waals surface area contributed by atoms with Crippen molar-refractivity contribution < 1.29 is 4.79 Å². The zero-order valence-corrected chi connectivity index (χ0v) is 15.8. The first kappa shape index (κ1) is 19.1. The van der Waals surface area contributed by atoms with E-state index in [-0.39, 0.29) is 5.91 Å². The summed E-state index contributed by atoms with van der Waals surface area (Å²) in [5.41, 5.74) is 3.30. The Morgan fingerprint density at radius 2 is 1.78 bits per heavy atom. The fraction of sp³-hybridized carbons (Fsp3) is 0.391. The lowest BCUT2D eigenvalue weighted by molar-refractivity contribution is 0.0952. The molecule has 0 radical (unpaired) electrons. The van der Waals surface area contributed by atoms with Gasteiger partial charge in [-0.1, -0.05) is 30.7 Å². The van der Waals surface area contributed by atoms with Gasteiger partial charge in [-0.05, 0) is 80.7 Å². The van der Waals surface area contributed by atoms with Crippen molar-refractivity contribution in [2.75, 3.05) is 26.2 Å². The first-order valence-corrected chi connectivity index (χ1v) is 9.87. The standard InChI is InChI=1S/C23H27N3O/c24-18-19-7-6-8-22(17-19)20-9-11-21(12-10-20)23(27)25-13-2-5-16-26-14-3-1-4-15-26/h6-12,17H,1-5,13-16H2,(H,25,27). The van der Waals surface area contributed by atoms with Gasteiger partial charge in [-0.2, -0.15) is 5.26 Å². The zero-order chi connectivity index (χ0) is 18.9. The van der Waals surface area contributed by atoms with E-state index in [4.69, 9.17) is 5.26 Å². The largest absolute Gasteiger partial charge is 0.352 e. The smallest absolute Gasteiger partial charge is 0.251 e. The first-order chi connectivity index (χ1) is 13.3. The molecule has 3 rings (SSSR count). The second kappa shape index (κ2) is 9.89. The number of piperidine rings is 1. The van der Waals surface area contributed by atoms with Gasteiger partial charge in [0.2, 0.25) is 0 Å². The van der Waals surface area contributed by atoms with Crippen molar-refractivity contribution in [3.8, 4) is 17.2 Å². The average Bonchev–Trinajstić information content (AvgIpc) is 2.74. The van der Waals surface area contributed by atoms with Crippen LogP contribution in [0, 0.1) is 11.3 Å². The molecule has 0 aliphatic carbocycles. The number of benzene rings is 2. The molecule has 0 atom stereocenters. The van der Waals surface area contributed by atoms with Gasteiger partial charge in [0.25, 0.3) is 5.91 Å². The molecule has 1 aliphatic rings. The molecule has 0 saturated carbocycles. The Labute approximate surface area is 161 Å². The number of carbonyl (C=O) groups is 1. The van der Waals surface area contributed by atoms with Crippen molar-refractivity contribution in [1.29, 1.82) is 5.26 Å². The van der Waals surface area contributed by atoms with E-state index in [1.807, 2.05) is 42.5 Å². The van der Waals surface area contributed by atoms with Crippen LogP contribution < -0.4 is 5.32 Å². The lowest BCUT2D eigenvalue weighted by Gasteiger charge is -2.26. The van der Waals surface area contributed by atoms with Gasteiger partial charge < -0.3 is 10.2 Å². The van der Waals surface area contributed by atoms with Crippen molar-refractivity contribution in [2.45, 2.75) is 32.1 Å². The Hall–Kier alpha value is -2.64. The number of amides is 1. The van der Waals surface area contributed by atoms with E-state index in [1.165, 1.54) is 32.4 Å². The van der Waals surface area contributed by atoms with Crippen molar-refractivity contribution >= 4 is 5.91 Å². The third-order valence-corrected chi connectivity index (χ3v) is 5.11. The second-order valence-corrected chi connectivity index (χ2v) is 7.14. The van der Waals surface area contributed by atoms with Gasteiger partial charge in [0, 0.05) is 12.1 Å². The number of nitrogens with zero attached hydrogens (tertiary/aromatic N) is 2. The highest BCUT2D eigenvalue weighted by molar-refractivity contribution is 5.94. The SMILES string of the molecule is N#Cc1cccc(-c2ccc(C(=O)NCCCCN3CCCCC3)cc2)c1. The molecule has 1 amide bonds. The predicted molar refractivity (Wildman–Crippen MR) is 108 cm³/mol. The zero-order valence-electron chi connectivity index (χ0n) is 15.8. The monoisotopic (exact) mass is 361 g/mol. The minimum atomic E-state index is -0.0229. The highest BCUT2D eigenvalue weighted by Crippen LogP contribution is 2.21. The summed E-state index contributed by atoms with van der Waals surface area (Å²) in [4.78, 5) is 14.8. The lowest BCUT2D eigenvalue weighted by atomic mass is 10.0. The molecule has 0 aromatic heterocycles. The molecule has 1 saturated heterocycles. The van der Waals surface area contributed by atoms with E-state index in [0.29, 0.717) is 11.1 Å². The number of nitrogens with one attached hydrogen (secondary N) is 1. The molecule has 1 heterocycles. The fourth-order valence-electron chi connectivity index (χ4n) is 3.53.